The Morgan fingerprint density at radius 1 is 0.944 bits per heavy atom. The van der Waals surface area contributed by atoms with Crippen LogP contribution in [0.5, 0.6) is 0 Å². The molecule has 1 aliphatic heterocycles. The predicted molar refractivity (Wildman–Crippen MR) is 66.7 cm³/mol. The molecule has 2 radical (unpaired) electrons. The van der Waals surface area contributed by atoms with E-state index >= 15 is 0 Å². The van der Waals surface area contributed by atoms with Crippen LogP contribution in [-0.4, -0.2) is 35.6 Å². The summed E-state index contributed by atoms with van der Waals surface area (Å²) in [5, 5.41) is 0. The molecule has 1 fully saturated rings. The van der Waals surface area contributed by atoms with Crippen LogP contribution in [0.15, 0.2) is 43.0 Å². The van der Waals surface area contributed by atoms with E-state index in [0.717, 1.165) is 13.1 Å². The van der Waals surface area contributed by atoms with Crippen LogP contribution < -0.4 is 9.62 Å². The molecule has 1 aromatic heterocycles. The summed E-state index contributed by atoms with van der Waals surface area (Å²) in [6.45, 7) is 1.83. The van der Waals surface area contributed by atoms with Gasteiger partial charge in [0.05, 0.1) is 0 Å². The molecule has 92 valence electrons. The number of nitrogens with zero attached hydrogens (tertiary/aromatic N) is 5. The van der Waals surface area contributed by atoms with Crippen molar-refractivity contribution in [1.82, 2.24) is 15.0 Å². The fraction of sp³-hybridized carbons (Fsp3) is 0.182. The molecule has 0 amide bonds. The van der Waals surface area contributed by atoms with Gasteiger partial charge in [-0.15, -0.1) is 0 Å². The first kappa shape index (κ1) is 13.0. The minimum Gasteiger partial charge on any atom is -0.397 e. The van der Waals surface area contributed by atoms with E-state index in [1.807, 2.05) is 30.6 Å². The summed E-state index contributed by atoms with van der Waals surface area (Å²) in [6.07, 6.45) is 3.03. The van der Waals surface area contributed by atoms with Gasteiger partial charge in [-0.25, -0.2) is 15.0 Å². The number of rotatable bonds is 2. The Labute approximate surface area is 120 Å². The van der Waals surface area contributed by atoms with Gasteiger partial charge in [-0.1, -0.05) is 18.2 Å². The van der Waals surface area contributed by atoms with Crippen LogP contribution in [-0.2, 0) is 20.1 Å². The van der Waals surface area contributed by atoms with E-state index < -0.39 is 0 Å². The zero-order chi connectivity index (χ0) is 11.5. The molecule has 7 heteroatoms. The van der Waals surface area contributed by atoms with Crippen LogP contribution in [0.2, 0.25) is 0 Å². The van der Waals surface area contributed by atoms with Crippen molar-refractivity contribution in [2.75, 3.05) is 22.7 Å². The summed E-state index contributed by atoms with van der Waals surface area (Å²) in [4.78, 5) is 16.3. The van der Waals surface area contributed by atoms with Crippen molar-refractivity contribution in [1.29, 1.82) is 0 Å². The molecule has 1 aliphatic rings. The summed E-state index contributed by atoms with van der Waals surface area (Å²) in [7, 11) is 2.03. The molecule has 0 spiro atoms. The van der Waals surface area contributed by atoms with Crippen molar-refractivity contribution in [3.63, 3.8) is 0 Å². The molecule has 0 N–H and O–H groups in total. The second-order valence-corrected chi connectivity index (χ2v) is 3.78. The third kappa shape index (κ3) is 2.68. The van der Waals surface area contributed by atoms with Gasteiger partial charge < -0.3 is 9.62 Å². The molecule has 0 unspecified atom stereocenters. The molecule has 18 heavy (non-hydrogen) atoms. The Morgan fingerprint density at radius 3 is 2.33 bits per heavy atom. The number of anilines is 2. The molecular formula is C11H11BIrN5. The Bertz CT molecular complexity index is 438. The van der Waals surface area contributed by atoms with Crippen LogP contribution in [0.25, 0.3) is 0 Å². The monoisotopic (exact) mass is 417 g/mol. The first-order valence-corrected chi connectivity index (χ1v) is 5.49. The van der Waals surface area contributed by atoms with Gasteiger partial charge >= 0.3 is 7.55 Å². The molecule has 1 saturated heterocycles. The standard InChI is InChI=1S/C11H11BN5.Ir/c1-2-4-10(5-3-1)16-6-7-17(12-16)11-14-8-13-9-15-11;/h1-5,8-9H,6-7H2;. The van der Waals surface area contributed by atoms with Crippen LogP contribution in [0, 0.1) is 0 Å². The number of benzene rings is 1. The van der Waals surface area contributed by atoms with E-state index in [2.05, 4.69) is 31.9 Å². The van der Waals surface area contributed by atoms with E-state index in [1.54, 1.807) is 0 Å². The van der Waals surface area contributed by atoms with E-state index in [9.17, 15) is 0 Å². The zero-order valence-electron chi connectivity index (χ0n) is 9.60. The average Bonchev–Trinajstić information content (AvgIpc) is 2.90. The summed E-state index contributed by atoms with van der Waals surface area (Å²) < 4.78 is 0. The second-order valence-electron chi connectivity index (χ2n) is 3.78. The number of para-hydroxylation sites is 1. The molecule has 1 aromatic carbocycles. The van der Waals surface area contributed by atoms with Gasteiger partial charge in [0, 0.05) is 38.9 Å². The third-order valence-corrected chi connectivity index (χ3v) is 2.69. The van der Waals surface area contributed by atoms with Crippen LogP contribution in [0.1, 0.15) is 0 Å². The van der Waals surface area contributed by atoms with Crippen molar-refractivity contribution < 1.29 is 20.1 Å². The average molecular weight is 416 g/mol. The van der Waals surface area contributed by atoms with Crippen molar-refractivity contribution in [2.45, 2.75) is 0 Å². The van der Waals surface area contributed by atoms with E-state index in [1.165, 1.54) is 18.3 Å². The molecule has 3 rings (SSSR count). The van der Waals surface area contributed by atoms with Gasteiger partial charge in [0.15, 0.2) is 0 Å². The predicted octanol–water partition coefficient (Wildman–Crippen LogP) is 0.730. The SMILES string of the molecule is [B]1N(c2ccccc2)CCN1c1ncncn1.[Ir]. The number of hydrogen-bond donors (Lipinski definition) is 0. The number of aromatic nitrogens is 3. The molecule has 0 bridgehead atoms. The summed E-state index contributed by atoms with van der Waals surface area (Å²) in [5.41, 5.74) is 1.18. The smallest absolute Gasteiger partial charge is 0.394 e. The first-order valence-electron chi connectivity index (χ1n) is 5.49. The second kappa shape index (κ2) is 5.93. The molecule has 0 atom stereocenters. The van der Waals surface area contributed by atoms with Crippen LogP contribution >= 0.6 is 0 Å². The number of hydrogen-bond acceptors (Lipinski definition) is 5. The van der Waals surface area contributed by atoms with Gasteiger partial charge in [0.25, 0.3) is 0 Å². The molecule has 2 aromatic rings. The topological polar surface area (TPSA) is 45.2 Å². The van der Waals surface area contributed by atoms with E-state index in [-0.39, 0.29) is 20.1 Å². The Balaban J connectivity index is 0.00000120. The van der Waals surface area contributed by atoms with Gasteiger partial charge in [0.1, 0.15) is 12.7 Å². The zero-order valence-corrected chi connectivity index (χ0v) is 12.0. The quantitative estimate of drug-likeness (QED) is 0.676. The van der Waals surface area contributed by atoms with E-state index in [0.29, 0.717) is 5.95 Å². The molecular weight excluding hydrogens is 405 g/mol. The minimum absolute atomic E-state index is 0. The fourth-order valence-electron chi connectivity index (χ4n) is 1.85. The minimum atomic E-state index is 0. The van der Waals surface area contributed by atoms with Crippen molar-refractivity contribution in [2.24, 2.45) is 0 Å². The van der Waals surface area contributed by atoms with E-state index in [4.69, 9.17) is 0 Å². The summed E-state index contributed by atoms with van der Waals surface area (Å²) in [5.74, 6) is 0.693. The summed E-state index contributed by atoms with van der Waals surface area (Å²) in [6, 6.07) is 10.3. The van der Waals surface area contributed by atoms with Crippen molar-refractivity contribution in [3.8, 4) is 0 Å². The Hall–Kier alpha value is -1.46. The fourth-order valence-corrected chi connectivity index (χ4v) is 1.85. The van der Waals surface area contributed by atoms with Gasteiger partial charge in [-0.3, -0.25) is 0 Å². The van der Waals surface area contributed by atoms with Gasteiger partial charge in [-0.2, -0.15) is 0 Å². The normalized spacial score (nSPS) is 14.0. The Kier molecular flexibility index (Phi) is 4.28. The maximum Gasteiger partial charge on any atom is 0.394 e. The Morgan fingerprint density at radius 2 is 1.61 bits per heavy atom. The maximum absolute atomic E-state index is 4.13. The van der Waals surface area contributed by atoms with Crippen LogP contribution in [0.4, 0.5) is 11.6 Å². The van der Waals surface area contributed by atoms with Crippen molar-refractivity contribution in [3.05, 3.63) is 43.0 Å². The molecule has 5 nitrogen and oxygen atoms in total. The molecule has 0 aliphatic carbocycles. The van der Waals surface area contributed by atoms with Crippen molar-refractivity contribution >= 4 is 19.2 Å². The summed E-state index contributed by atoms with van der Waals surface area (Å²) >= 11 is 0. The first-order chi connectivity index (χ1) is 8.43. The maximum atomic E-state index is 4.13. The third-order valence-electron chi connectivity index (χ3n) is 2.69. The van der Waals surface area contributed by atoms with Gasteiger partial charge in [0.2, 0.25) is 5.95 Å². The van der Waals surface area contributed by atoms with Gasteiger partial charge in [-0.05, 0) is 12.1 Å². The largest absolute Gasteiger partial charge is 0.397 e. The molecule has 0 saturated carbocycles. The molecule has 2 heterocycles. The van der Waals surface area contributed by atoms with Crippen LogP contribution in [0.3, 0.4) is 0 Å².